The van der Waals surface area contributed by atoms with Crippen molar-refractivity contribution in [2.24, 2.45) is 0 Å². The SMILES string of the molecule is CCCOC(=O)c1ccc(NC(=O)COC(=O)COc2ccccc2)cc1. The van der Waals surface area contributed by atoms with Crippen molar-refractivity contribution in [1.29, 1.82) is 0 Å². The highest BCUT2D eigenvalue weighted by atomic mass is 16.6. The summed E-state index contributed by atoms with van der Waals surface area (Å²) in [6.45, 7) is 1.55. The molecule has 7 nitrogen and oxygen atoms in total. The Bertz CT molecular complexity index is 758. The minimum atomic E-state index is -0.650. The number of ether oxygens (including phenoxy) is 3. The third-order valence-corrected chi connectivity index (χ3v) is 3.31. The summed E-state index contributed by atoms with van der Waals surface area (Å²) in [7, 11) is 0. The monoisotopic (exact) mass is 371 g/mol. The lowest BCUT2D eigenvalue weighted by atomic mass is 10.2. The second-order valence-electron chi connectivity index (χ2n) is 5.52. The summed E-state index contributed by atoms with van der Waals surface area (Å²) in [6.07, 6.45) is 0.745. The molecule has 0 heterocycles. The van der Waals surface area contributed by atoms with E-state index in [4.69, 9.17) is 14.2 Å². The topological polar surface area (TPSA) is 90.9 Å². The van der Waals surface area contributed by atoms with E-state index in [-0.39, 0.29) is 6.61 Å². The number of anilines is 1. The van der Waals surface area contributed by atoms with Crippen molar-refractivity contribution in [1.82, 2.24) is 0 Å². The molecular weight excluding hydrogens is 350 g/mol. The molecule has 0 fully saturated rings. The lowest BCUT2D eigenvalue weighted by Gasteiger charge is -2.08. The van der Waals surface area contributed by atoms with Crippen LogP contribution >= 0.6 is 0 Å². The maximum Gasteiger partial charge on any atom is 0.344 e. The predicted octanol–water partition coefficient (Wildman–Crippen LogP) is 2.81. The third-order valence-electron chi connectivity index (χ3n) is 3.31. The second kappa shape index (κ2) is 10.6. The molecule has 0 atom stereocenters. The summed E-state index contributed by atoms with van der Waals surface area (Å²) >= 11 is 0. The summed E-state index contributed by atoms with van der Waals surface area (Å²) in [6, 6.07) is 15.0. The first kappa shape index (κ1) is 20.0. The highest BCUT2D eigenvalue weighted by Gasteiger charge is 2.10. The Kier molecular flexibility index (Phi) is 7.84. The fraction of sp³-hybridized carbons (Fsp3) is 0.250. The molecule has 0 saturated carbocycles. The molecule has 0 aliphatic rings. The van der Waals surface area contributed by atoms with Crippen LogP contribution < -0.4 is 10.1 Å². The number of nitrogens with one attached hydrogen (secondary N) is 1. The lowest BCUT2D eigenvalue weighted by Crippen LogP contribution is -2.23. The van der Waals surface area contributed by atoms with Crippen LogP contribution in [0.4, 0.5) is 5.69 Å². The maximum atomic E-state index is 11.8. The zero-order chi connectivity index (χ0) is 19.5. The van der Waals surface area contributed by atoms with Gasteiger partial charge in [0.15, 0.2) is 13.2 Å². The number of benzene rings is 2. The molecular formula is C20H21NO6. The van der Waals surface area contributed by atoms with Crippen molar-refractivity contribution in [2.75, 3.05) is 25.1 Å². The second-order valence-corrected chi connectivity index (χ2v) is 5.52. The van der Waals surface area contributed by atoms with E-state index in [0.29, 0.717) is 23.6 Å². The Morgan fingerprint density at radius 3 is 2.26 bits per heavy atom. The lowest BCUT2D eigenvalue weighted by molar-refractivity contribution is -0.149. The van der Waals surface area contributed by atoms with Crippen molar-refractivity contribution in [3.8, 4) is 5.75 Å². The highest BCUT2D eigenvalue weighted by molar-refractivity contribution is 5.94. The first-order chi connectivity index (χ1) is 13.1. The quantitative estimate of drug-likeness (QED) is 0.682. The average molecular weight is 371 g/mol. The van der Waals surface area contributed by atoms with Gasteiger partial charge in [0.25, 0.3) is 5.91 Å². The van der Waals surface area contributed by atoms with Crippen LogP contribution in [-0.4, -0.2) is 37.7 Å². The molecule has 0 aliphatic carbocycles. The van der Waals surface area contributed by atoms with Crippen molar-refractivity contribution in [3.63, 3.8) is 0 Å². The van der Waals surface area contributed by atoms with Crippen LogP contribution in [-0.2, 0) is 19.1 Å². The largest absolute Gasteiger partial charge is 0.482 e. The van der Waals surface area contributed by atoms with Gasteiger partial charge in [-0.1, -0.05) is 25.1 Å². The van der Waals surface area contributed by atoms with Gasteiger partial charge in [-0.25, -0.2) is 9.59 Å². The summed E-state index contributed by atoms with van der Waals surface area (Å²) in [5.41, 5.74) is 0.870. The van der Waals surface area contributed by atoms with Crippen molar-refractivity contribution in [3.05, 3.63) is 60.2 Å². The molecule has 0 unspecified atom stereocenters. The number of carbonyl (C=O) groups is 3. The van der Waals surface area contributed by atoms with Crippen LogP contribution in [0.25, 0.3) is 0 Å². The van der Waals surface area contributed by atoms with Gasteiger partial charge in [-0.15, -0.1) is 0 Å². The number of hydrogen-bond donors (Lipinski definition) is 1. The van der Waals surface area contributed by atoms with Crippen LogP contribution in [0.15, 0.2) is 54.6 Å². The molecule has 2 aromatic carbocycles. The van der Waals surface area contributed by atoms with Gasteiger partial charge < -0.3 is 19.5 Å². The molecule has 142 valence electrons. The van der Waals surface area contributed by atoms with Gasteiger partial charge in [0.2, 0.25) is 0 Å². The predicted molar refractivity (Wildman–Crippen MR) is 98.5 cm³/mol. The zero-order valence-corrected chi connectivity index (χ0v) is 15.0. The van der Waals surface area contributed by atoms with Gasteiger partial charge in [0.05, 0.1) is 12.2 Å². The molecule has 7 heteroatoms. The Labute approximate surface area is 157 Å². The minimum Gasteiger partial charge on any atom is -0.482 e. The van der Waals surface area contributed by atoms with E-state index in [1.807, 2.05) is 13.0 Å². The molecule has 2 aromatic rings. The van der Waals surface area contributed by atoms with Crippen molar-refractivity contribution < 1.29 is 28.6 Å². The molecule has 0 spiro atoms. The Balaban J connectivity index is 1.72. The van der Waals surface area contributed by atoms with E-state index >= 15 is 0 Å². The maximum absolute atomic E-state index is 11.8. The molecule has 27 heavy (non-hydrogen) atoms. The van der Waals surface area contributed by atoms with Crippen LogP contribution in [0.2, 0.25) is 0 Å². The Morgan fingerprint density at radius 2 is 1.59 bits per heavy atom. The molecule has 0 radical (unpaired) electrons. The summed E-state index contributed by atoms with van der Waals surface area (Å²) < 4.78 is 15.1. The van der Waals surface area contributed by atoms with Gasteiger partial charge in [-0.2, -0.15) is 0 Å². The first-order valence-electron chi connectivity index (χ1n) is 8.49. The van der Waals surface area contributed by atoms with E-state index in [0.717, 1.165) is 6.42 Å². The Hall–Kier alpha value is -3.35. The molecule has 0 saturated heterocycles. The highest BCUT2D eigenvalue weighted by Crippen LogP contribution is 2.11. The fourth-order valence-electron chi connectivity index (χ4n) is 2.01. The Morgan fingerprint density at radius 1 is 0.889 bits per heavy atom. The molecule has 0 aromatic heterocycles. The van der Waals surface area contributed by atoms with Crippen molar-refractivity contribution in [2.45, 2.75) is 13.3 Å². The van der Waals surface area contributed by atoms with E-state index < -0.39 is 24.5 Å². The number of amides is 1. The molecule has 1 N–H and O–H groups in total. The van der Waals surface area contributed by atoms with Crippen LogP contribution in [0.1, 0.15) is 23.7 Å². The number of esters is 2. The minimum absolute atomic E-state index is 0.286. The van der Waals surface area contributed by atoms with Gasteiger partial charge >= 0.3 is 11.9 Å². The van der Waals surface area contributed by atoms with E-state index in [1.165, 1.54) is 0 Å². The molecule has 0 bridgehead atoms. The molecule has 2 rings (SSSR count). The van der Waals surface area contributed by atoms with Gasteiger partial charge in [-0.3, -0.25) is 4.79 Å². The normalized spacial score (nSPS) is 9.96. The average Bonchev–Trinajstić information content (AvgIpc) is 2.70. The summed E-state index contributed by atoms with van der Waals surface area (Å²) in [5, 5.41) is 2.57. The van der Waals surface area contributed by atoms with Gasteiger partial charge in [-0.05, 0) is 42.8 Å². The zero-order valence-electron chi connectivity index (χ0n) is 15.0. The van der Waals surface area contributed by atoms with Gasteiger partial charge in [0.1, 0.15) is 5.75 Å². The number of carbonyl (C=O) groups excluding carboxylic acids is 3. The number of para-hydroxylation sites is 1. The van der Waals surface area contributed by atoms with E-state index in [1.54, 1.807) is 48.5 Å². The molecule has 0 aliphatic heterocycles. The van der Waals surface area contributed by atoms with E-state index in [9.17, 15) is 14.4 Å². The van der Waals surface area contributed by atoms with Gasteiger partial charge in [0, 0.05) is 5.69 Å². The first-order valence-corrected chi connectivity index (χ1v) is 8.49. The van der Waals surface area contributed by atoms with Crippen LogP contribution in [0.5, 0.6) is 5.75 Å². The van der Waals surface area contributed by atoms with E-state index in [2.05, 4.69) is 5.32 Å². The molecule has 1 amide bonds. The summed E-state index contributed by atoms with van der Waals surface area (Å²) in [4.78, 5) is 35.1. The smallest absolute Gasteiger partial charge is 0.344 e. The third kappa shape index (κ3) is 7.19. The number of hydrogen-bond acceptors (Lipinski definition) is 6. The van der Waals surface area contributed by atoms with Crippen molar-refractivity contribution >= 4 is 23.5 Å². The fourth-order valence-corrected chi connectivity index (χ4v) is 2.01. The van der Waals surface area contributed by atoms with Crippen LogP contribution in [0.3, 0.4) is 0 Å². The summed E-state index contributed by atoms with van der Waals surface area (Å²) in [5.74, 6) is -1.02. The standard InChI is InChI=1S/C20H21NO6/c1-2-12-25-20(24)15-8-10-16(11-9-15)21-18(22)13-27-19(23)14-26-17-6-4-3-5-7-17/h3-11H,2,12-14H2,1H3,(H,21,22). The number of rotatable bonds is 9. The van der Waals surface area contributed by atoms with Crippen LogP contribution in [0, 0.1) is 0 Å².